The molecular weight excluding hydrogens is 234 g/mol. The summed E-state index contributed by atoms with van der Waals surface area (Å²) < 4.78 is 5.35. The zero-order valence-electron chi connectivity index (χ0n) is 9.46. The Hall–Kier alpha value is -1.75. The topological polar surface area (TPSA) is 61.0 Å². The van der Waals surface area contributed by atoms with Crippen LogP contribution in [0.4, 0.5) is 5.69 Å². The van der Waals surface area contributed by atoms with E-state index < -0.39 is 0 Å². The zero-order valence-corrected chi connectivity index (χ0v) is 10.3. The van der Waals surface area contributed by atoms with Crippen molar-refractivity contribution in [3.8, 4) is 5.88 Å². The van der Waals surface area contributed by atoms with Crippen molar-refractivity contribution in [1.82, 2.24) is 9.97 Å². The summed E-state index contributed by atoms with van der Waals surface area (Å²) in [6.07, 6.45) is 3.51. The minimum atomic E-state index is 0.492. The van der Waals surface area contributed by atoms with Crippen LogP contribution in [0.5, 0.6) is 5.88 Å². The zero-order chi connectivity index (χ0) is 12.1. The fourth-order valence-electron chi connectivity index (χ4n) is 1.27. The van der Waals surface area contributed by atoms with E-state index in [1.807, 2.05) is 31.2 Å². The molecule has 2 aromatic rings. The molecule has 88 valence electrons. The molecular formula is C12H13N3OS. The molecule has 0 fully saturated rings. The second kappa shape index (κ2) is 5.54. The molecule has 0 aromatic carbocycles. The lowest BCUT2D eigenvalue weighted by Crippen LogP contribution is -1.99. The van der Waals surface area contributed by atoms with Crippen LogP contribution in [-0.4, -0.2) is 16.6 Å². The van der Waals surface area contributed by atoms with Gasteiger partial charge in [-0.15, -0.1) is 0 Å². The smallest absolute Gasteiger partial charge is 0.238 e. The first-order valence-corrected chi connectivity index (χ1v) is 6.08. The first-order valence-electron chi connectivity index (χ1n) is 5.27. The molecule has 2 N–H and O–H groups in total. The van der Waals surface area contributed by atoms with E-state index in [0.29, 0.717) is 18.2 Å². The van der Waals surface area contributed by atoms with Crippen LogP contribution in [0.3, 0.4) is 0 Å². The second-order valence-corrected chi connectivity index (χ2v) is 4.36. The highest BCUT2D eigenvalue weighted by Gasteiger charge is 2.05. The summed E-state index contributed by atoms with van der Waals surface area (Å²) in [5, 5.41) is 0.855. The van der Waals surface area contributed by atoms with Gasteiger partial charge in [0.15, 0.2) is 0 Å². The Balaban J connectivity index is 2.19. The van der Waals surface area contributed by atoms with Crippen molar-refractivity contribution < 1.29 is 4.74 Å². The number of nitrogens with zero attached hydrogens (tertiary/aromatic N) is 2. The molecule has 0 aliphatic heterocycles. The Kier molecular flexibility index (Phi) is 3.82. The van der Waals surface area contributed by atoms with Crippen LogP contribution >= 0.6 is 11.8 Å². The van der Waals surface area contributed by atoms with E-state index in [1.165, 1.54) is 0 Å². The predicted octanol–water partition coefficient (Wildman–Crippen LogP) is 2.61. The maximum atomic E-state index is 5.76. The van der Waals surface area contributed by atoms with Crippen molar-refractivity contribution in [3.05, 3.63) is 36.7 Å². The Labute approximate surface area is 104 Å². The van der Waals surface area contributed by atoms with Gasteiger partial charge in [0, 0.05) is 17.3 Å². The van der Waals surface area contributed by atoms with Gasteiger partial charge in [-0.25, -0.2) is 4.98 Å². The highest BCUT2D eigenvalue weighted by atomic mass is 32.2. The maximum absolute atomic E-state index is 5.76. The number of anilines is 1. The largest absolute Gasteiger partial charge is 0.476 e. The van der Waals surface area contributed by atoms with Crippen LogP contribution in [-0.2, 0) is 0 Å². The molecule has 0 spiro atoms. The SMILES string of the molecule is CCOc1nc(Sc2ccncc2)ccc1N. The number of hydrogen-bond donors (Lipinski definition) is 1. The summed E-state index contributed by atoms with van der Waals surface area (Å²) in [6, 6.07) is 7.55. The Morgan fingerprint density at radius 1 is 1.24 bits per heavy atom. The minimum absolute atomic E-state index is 0.492. The second-order valence-electron chi connectivity index (χ2n) is 3.26. The van der Waals surface area contributed by atoms with Crippen molar-refractivity contribution in [2.75, 3.05) is 12.3 Å². The third-order valence-corrected chi connectivity index (χ3v) is 2.96. The van der Waals surface area contributed by atoms with E-state index in [0.717, 1.165) is 9.92 Å². The molecule has 0 saturated carbocycles. The van der Waals surface area contributed by atoms with Crippen molar-refractivity contribution in [2.24, 2.45) is 0 Å². The van der Waals surface area contributed by atoms with E-state index in [2.05, 4.69) is 9.97 Å². The fraction of sp³-hybridized carbons (Fsp3) is 0.167. The molecule has 0 saturated heterocycles. The van der Waals surface area contributed by atoms with Gasteiger partial charge in [0.05, 0.1) is 12.3 Å². The lowest BCUT2D eigenvalue weighted by molar-refractivity contribution is 0.326. The number of aromatic nitrogens is 2. The molecule has 17 heavy (non-hydrogen) atoms. The van der Waals surface area contributed by atoms with Gasteiger partial charge in [0.25, 0.3) is 0 Å². The molecule has 0 bridgehead atoms. The molecule has 0 radical (unpaired) electrons. The summed E-state index contributed by atoms with van der Waals surface area (Å²) in [5.41, 5.74) is 6.32. The summed E-state index contributed by atoms with van der Waals surface area (Å²) >= 11 is 1.55. The van der Waals surface area contributed by atoms with Crippen LogP contribution < -0.4 is 10.5 Å². The van der Waals surface area contributed by atoms with Crippen LogP contribution in [0, 0.1) is 0 Å². The highest BCUT2D eigenvalue weighted by Crippen LogP contribution is 2.29. The first kappa shape index (κ1) is 11.7. The predicted molar refractivity (Wildman–Crippen MR) is 68.2 cm³/mol. The number of hydrogen-bond acceptors (Lipinski definition) is 5. The van der Waals surface area contributed by atoms with Gasteiger partial charge in [-0.05, 0) is 31.2 Å². The number of rotatable bonds is 4. The van der Waals surface area contributed by atoms with Gasteiger partial charge >= 0.3 is 0 Å². The van der Waals surface area contributed by atoms with Gasteiger partial charge in [-0.3, -0.25) is 4.98 Å². The normalized spacial score (nSPS) is 10.2. The highest BCUT2D eigenvalue weighted by molar-refractivity contribution is 7.99. The summed E-state index contributed by atoms with van der Waals surface area (Å²) in [7, 11) is 0. The van der Waals surface area contributed by atoms with Crippen molar-refractivity contribution in [3.63, 3.8) is 0 Å². The Morgan fingerprint density at radius 3 is 2.71 bits per heavy atom. The summed E-state index contributed by atoms with van der Waals surface area (Å²) in [6.45, 7) is 2.46. The Bertz CT molecular complexity index is 490. The molecule has 2 heterocycles. The molecule has 2 rings (SSSR count). The van der Waals surface area contributed by atoms with Gasteiger partial charge < -0.3 is 10.5 Å². The lowest BCUT2D eigenvalue weighted by atomic mass is 10.4. The van der Waals surface area contributed by atoms with E-state index >= 15 is 0 Å². The number of ether oxygens (including phenoxy) is 1. The number of nitrogen functional groups attached to an aromatic ring is 1. The van der Waals surface area contributed by atoms with Crippen molar-refractivity contribution in [2.45, 2.75) is 16.8 Å². The Morgan fingerprint density at radius 2 is 2.00 bits per heavy atom. The molecule has 0 aliphatic rings. The standard InChI is InChI=1S/C12H13N3OS/c1-2-16-12-10(13)3-4-11(15-12)17-9-5-7-14-8-6-9/h3-8H,2,13H2,1H3. The summed E-state index contributed by atoms with van der Waals surface area (Å²) in [5.74, 6) is 0.492. The number of nitrogens with two attached hydrogens (primary N) is 1. The van der Waals surface area contributed by atoms with E-state index in [1.54, 1.807) is 24.2 Å². The lowest BCUT2D eigenvalue weighted by Gasteiger charge is -2.07. The molecule has 0 atom stereocenters. The quantitative estimate of drug-likeness (QED) is 0.899. The molecule has 2 aromatic heterocycles. The van der Waals surface area contributed by atoms with Gasteiger partial charge in [0.2, 0.25) is 5.88 Å². The molecule has 0 amide bonds. The van der Waals surface area contributed by atoms with Crippen LogP contribution in [0.1, 0.15) is 6.92 Å². The van der Waals surface area contributed by atoms with E-state index in [9.17, 15) is 0 Å². The minimum Gasteiger partial charge on any atom is -0.476 e. The van der Waals surface area contributed by atoms with Crippen LogP contribution in [0.15, 0.2) is 46.6 Å². The van der Waals surface area contributed by atoms with Gasteiger partial charge in [-0.1, -0.05) is 11.8 Å². The van der Waals surface area contributed by atoms with Crippen molar-refractivity contribution in [1.29, 1.82) is 0 Å². The van der Waals surface area contributed by atoms with Crippen LogP contribution in [0.2, 0.25) is 0 Å². The number of pyridine rings is 2. The fourth-order valence-corrected chi connectivity index (χ4v) is 2.03. The monoisotopic (exact) mass is 247 g/mol. The van der Waals surface area contributed by atoms with E-state index in [4.69, 9.17) is 10.5 Å². The van der Waals surface area contributed by atoms with Gasteiger partial charge in [-0.2, -0.15) is 0 Å². The van der Waals surface area contributed by atoms with Gasteiger partial charge in [0.1, 0.15) is 5.03 Å². The summed E-state index contributed by atoms with van der Waals surface area (Å²) in [4.78, 5) is 9.41. The van der Waals surface area contributed by atoms with Crippen LogP contribution in [0.25, 0.3) is 0 Å². The first-order chi connectivity index (χ1) is 8.29. The molecule has 4 nitrogen and oxygen atoms in total. The van der Waals surface area contributed by atoms with Crippen molar-refractivity contribution >= 4 is 17.4 Å². The maximum Gasteiger partial charge on any atom is 0.238 e. The molecule has 5 heteroatoms. The third-order valence-electron chi connectivity index (χ3n) is 2.02. The average Bonchev–Trinajstić information content (AvgIpc) is 2.35. The average molecular weight is 247 g/mol. The molecule has 0 unspecified atom stereocenters. The van der Waals surface area contributed by atoms with E-state index in [-0.39, 0.29) is 0 Å². The molecule has 0 aliphatic carbocycles. The third kappa shape index (κ3) is 3.10.